The van der Waals surface area contributed by atoms with Crippen LogP contribution in [0.2, 0.25) is 0 Å². The van der Waals surface area contributed by atoms with Crippen LogP contribution in [0, 0.1) is 5.92 Å². The fourth-order valence-corrected chi connectivity index (χ4v) is 3.93. The number of hydrogen-bond donors (Lipinski definition) is 3. The van der Waals surface area contributed by atoms with Crippen LogP contribution in [0.1, 0.15) is 43.6 Å². The Morgan fingerprint density at radius 3 is 2.43 bits per heavy atom. The number of carbonyl (C=O) groups is 2. The molecular formula is C17H21BrN2O3. The SMILES string of the molecule is O=C(NC1CCC(C(=O)O)CC1)N[C@@H]1C[C@H]1c1ccccc1Br. The smallest absolute Gasteiger partial charge is 0.315 e. The van der Waals surface area contributed by atoms with E-state index in [1.807, 2.05) is 18.2 Å². The third-order valence-electron chi connectivity index (χ3n) is 4.82. The molecule has 0 heterocycles. The highest BCUT2D eigenvalue weighted by Crippen LogP contribution is 2.43. The summed E-state index contributed by atoms with van der Waals surface area (Å²) in [6.07, 6.45) is 3.72. The molecule has 2 aliphatic rings. The van der Waals surface area contributed by atoms with E-state index in [-0.39, 0.29) is 24.0 Å². The minimum Gasteiger partial charge on any atom is -0.481 e. The maximum Gasteiger partial charge on any atom is 0.315 e. The minimum atomic E-state index is -0.720. The third kappa shape index (κ3) is 4.05. The lowest BCUT2D eigenvalue weighted by molar-refractivity contribution is -0.142. The highest BCUT2D eigenvalue weighted by molar-refractivity contribution is 9.10. The molecular weight excluding hydrogens is 360 g/mol. The van der Waals surface area contributed by atoms with Crippen LogP contribution in [0.3, 0.4) is 0 Å². The van der Waals surface area contributed by atoms with Gasteiger partial charge in [0.25, 0.3) is 0 Å². The Hall–Kier alpha value is -1.56. The van der Waals surface area contributed by atoms with Crippen LogP contribution in [-0.2, 0) is 4.79 Å². The Morgan fingerprint density at radius 1 is 1.09 bits per heavy atom. The topological polar surface area (TPSA) is 78.4 Å². The van der Waals surface area contributed by atoms with Gasteiger partial charge in [0.1, 0.15) is 0 Å². The summed E-state index contributed by atoms with van der Waals surface area (Å²) in [7, 11) is 0. The van der Waals surface area contributed by atoms with E-state index in [2.05, 4.69) is 32.6 Å². The lowest BCUT2D eigenvalue weighted by Crippen LogP contribution is -2.45. The predicted octanol–water partition coefficient (Wildman–Crippen LogP) is 3.25. The van der Waals surface area contributed by atoms with Gasteiger partial charge in [0, 0.05) is 22.5 Å². The van der Waals surface area contributed by atoms with Gasteiger partial charge in [0.2, 0.25) is 0 Å². The average molecular weight is 381 g/mol. The number of halogens is 1. The Bertz CT molecular complexity index is 599. The van der Waals surface area contributed by atoms with Gasteiger partial charge in [0.05, 0.1) is 5.92 Å². The first-order valence-corrected chi connectivity index (χ1v) is 8.88. The summed E-state index contributed by atoms with van der Waals surface area (Å²) in [4.78, 5) is 23.0. The van der Waals surface area contributed by atoms with Crippen molar-refractivity contribution in [2.24, 2.45) is 5.92 Å². The predicted molar refractivity (Wildman–Crippen MR) is 90.3 cm³/mol. The van der Waals surface area contributed by atoms with Crippen LogP contribution < -0.4 is 10.6 Å². The molecule has 1 aromatic carbocycles. The molecule has 2 amide bonds. The fraction of sp³-hybridized carbons (Fsp3) is 0.529. The molecule has 2 fully saturated rings. The van der Waals surface area contributed by atoms with E-state index in [1.165, 1.54) is 5.56 Å². The van der Waals surface area contributed by atoms with Gasteiger partial charge in [-0.1, -0.05) is 34.1 Å². The maximum atomic E-state index is 12.1. The molecule has 2 aliphatic carbocycles. The number of amides is 2. The van der Waals surface area contributed by atoms with E-state index in [4.69, 9.17) is 5.11 Å². The van der Waals surface area contributed by atoms with Crippen LogP contribution in [0.25, 0.3) is 0 Å². The Labute approximate surface area is 144 Å². The van der Waals surface area contributed by atoms with E-state index in [1.54, 1.807) is 0 Å². The highest BCUT2D eigenvalue weighted by Gasteiger charge is 2.40. The number of nitrogens with one attached hydrogen (secondary N) is 2. The van der Waals surface area contributed by atoms with E-state index < -0.39 is 5.97 Å². The zero-order chi connectivity index (χ0) is 16.4. The first-order valence-electron chi connectivity index (χ1n) is 8.09. The summed E-state index contributed by atoms with van der Waals surface area (Å²) in [5.74, 6) is -0.597. The number of carboxylic acids is 1. The van der Waals surface area contributed by atoms with Crippen LogP contribution in [-0.4, -0.2) is 29.2 Å². The summed E-state index contributed by atoms with van der Waals surface area (Å²) in [6.45, 7) is 0. The van der Waals surface area contributed by atoms with E-state index >= 15 is 0 Å². The molecule has 3 rings (SSSR count). The molecule has 0 radical (unpaired) electrons. The molecule has 5 nitrogen and oxygen atoms in total. The molecule has 2 saturated carbocycles. The summed E-state index contributed by atoms with van der Waals surface area (Å²) < 4.78 is 1.08. The molecule has 124 valence electrons. The van der Waals surface area contributed by atoms with E-state index in [9.17, 15) is 9.59 Å². The summed E-state index contributed by atoms with van der Waals surface area (Å²) >= 11 is 3.55. The van der Waals surface area contributed by atoms with Gasteiger partial charge in [-0.15, -0.1) is 0 Å². The summed E-state index contributed by atoms with van der Waals surface area (Å²) in [5.41, 5.74) is 1.24. The molecule has 1 aromatic rings. The molecule has 2 atom stereocenters. The quantitative estimate of drug-likeness (QED) is 0.749. The second-order valence-electron chi connectivity index (χ2n) is 6.47. The first kappa shape index (κ1) is 16.3. The zero-order valence-corrected chi connectivity index (χ0v) is 14.4. The van der Waals surface area contributed by atoms with Gasteiger partial charge in [-0.3, -0.25) is 4.79 Å². The lowest BCUT2D eigenvalue weighted by atomic mass is 9.86. The average Bonchev–Trinajstić information content (AvgIpc) is 3.27. The van der Waals surface area contributed by atoms with Crippen LogP contribution >= 0.6 is 15.9 Å². The van der Waals surface area contributed by atoms with Crippen molar-refractivity contribution in [1.82, 2.24) is 10.6 Å². The number of benzene rings is 1. The normalized spacial score (nSPS) is 29.6. The van der Waals surface area contributed by atoms with Crippen molar-refractivity contribution in [3.05, 3.63) is 34.3 Å². The fourth-order valence-electron chi connectivity index (χ4n) is 3.35. The minimum absolute atomic E-state index is 0.0891. The van der Waals surface area contributed by atoms with Gasteiger partial charge in [-0.2, -0.15) is 0 Å². The van der Waals surface area contributed by atoms with E-state index in [0.29, 0.717) is 18.8 Å². The maximum absolute atomic E-state index is 12.1. The first-order chi connectivity index (χ1) is 11.0. The second kappa shape index (κ2) is 6.91. The lowest BCUT2D eigenvalue weighted by Gasteiger charge is -2.26. The van der Waals surface area contributed by atoms with Crippen molar-refractivity contribution in [3.8, 4) is 0 Å². The summed E-state index contributed by atoms with van der Waals surface area (Å²) in [5, 5.41) is 15.0. The van der Waals surface area contributed by atoms with Crippen LogP contribution in [0.5, 0.6) is 0 Å². The number of carbonyl (C=O) groups excluding carboxylic acids is 1. The van der Waals surface area contributed by atoms with Crippen LogP contribution in [0.15, 0.2) is 28.7 Å². The van der Waals surface area contributed by atoms with Crippen molar-refractivity contribution in [3.63, 3.8) is 0 Å². The van der Waals surface area contributed by atoms with Crippen molar-refractivity contribution < 1.29 is 14.7 Å². The Morgan fingerprint density at radius 2 is 1.78 bits per heavy atom. The van der Waals surface area contributed by atoms with Crippen molar-refractivity contribution in [1.29, 1.82) is 0 Å². The number of carboxylic acid groups (broad SMARTS) is 1. The number of rotatable bonds is 4. The highest BCUT2D eigenvalue weighted by atomic mass is 79.9. The molecule has 3 N–H and O–H groups in total. The molecule has 23 heavy (non-hydrogen) atoms. The number of aliphatic carboxylic acids is 1. The largest absolute Gasteiger partial charge is 0.481 e. The van der Waals surface area contributed by atoms with Crippen molar-refractivity contribution >= 4 is 27.9 Å². The van der Waals surface area contributed by atoms with Crippen molar-refractivity contribution in [2.75, 3.05) is 0 Å². The van der Waals surface area contributed by atoms with Crippen molar-refractivity contribution in [2.45, 2.75) is 50.1 Å². The second-order valence-corrected chi connectivity index (χ2v) is 7.33. The van der Waals surface area contributed by atoms with Gasteiger partial charge < -0.3 is 15.7 Å². The molecule has 0 saturated heterocycles. The number of urea groups is 1. The molecule has 6 heteroatoms. The molecule has 0 aromatic heterocycles. The van der Waals surface area contributed by atoms with E-state index in [0.717, 1.165) is 23.7 Å². The molecule has 0 spiro atoms. The monoisotopic (exact) mass is 380 g/mol. The van der Waals surface area contributed by atoms with Gasteiger partial charge in [-0.25, -0.2) is 4.79 Å². The van der Waals surface area contributed by atoms with Crippen LogP contribution in [0.4, 0.5) is 4.79 Å². The molecule has 0 aliphatic heterocycles. The Balaban J connectivity index is 1.43. The third-order valence-corrected chi connectivity index (χ3v) is 5.55. The molecule has 0 bridgehead atoms. The molecule has 0 unspecified atom stereocenters. The van der Waals surface area contributed by atoms with Gasteiger partial charge in [-0.05, 0) is 43.7 Å². The summed E-state index contributed by atoms with van der Waals surface area (Å²) in [6, 6.07) is 8.24. The number of hydrogen-bond acceptors (Lipinski definition) is 2. The van der Waals surface area contributed by atoms with Gasteiger partial charge in [0.15, 0.2) is 0 Å². The zero-order valence-electron chi connectivity index (χ0n) is 12.8. The van der Waals surface area contributed by atoms with Gasteiger partial charge >= 0.3 is 12.0 Å². The standard InChI is InChI=1S/C17H21BrN2O3/c18-14-4-2-1-3-12(14)13-9-15(13)20-17(23)19-11-7-5-10(6-8-11)16(21)22/h1-4,10-11,13,15H,5-9H2,(H,21,22)(H2,19,20,23)/t10?,11?,13-,15+/m0/s1. The Kier molecular flexibility index (Phi) is 4.90.